The minimum atomic E-state index is -0.199. The lowest BCUT2D eigenvalue weighted by atomic mass is 9.83. The second-order valence-electron chi connectivity index (χ2n) is 9.35. The van der Waals surface area contributed by atoms with Crippen LogP contribution in [0.25, 0.3) is 23.1 Å². The number of thiazole rings is 1. The molecule has 1 atom stereocenters. The maximum Gasteiger partial charge on any atom is 0.271 e. The molecule has 7 rings (SSSR count). The maximum absolute atomic E-state index is 13.9. The van der Waals surface area contributed by atoms with E-state index in [9.17, 15) is 4.79 Å². The standard InChI is InChI=1S/C31H20Cl2N2O2S/c32-20-11-14-25(33)24(16-20)26-15-12-21(37-26)17-27-30(36)35-29(19-7-2-1-3-8-19)23-13-10-18-6-4-5-9-22(18)28(23)34-31(35)38-27/h1-9,11-12,14-17,29H,10,13H2. The van der Waals surface area contributed by atoms with Crippen LogP contribution in [0.3, 0.4) is 0 Å². The molecule has 2 aliphatic rings. The van der Waals surface area contributed by atoms with E-state index in [-0.39, 0.29) is 11.6 Å². The van der Waals surface area contributed by atoms with Crippen LogP contribution in [0.5, 0.6) is 0 Å². The van der Waals surface area contributed by atoms with E-state index in [1.807, 2.05) is 34.9 Å². The highest BCUT2D eigenvalue weighted by molar-refractivity contribution is 7.07. The molecule has 2 aromatic heterocycles. The molecular formula is C31H20Cl2N2O2S. The van der Waals surface area contributed by atoms with Crippen LogP contribution in [0.1, 0.15) is 34.9 Å². The van der Waals surface area contributed by atoms with E-state index >= 15 is 0 Å². The molecule has 0 spiro atoms. The molecule has 0 bridgehead atoms. The van der Waals surface area contributed by atoms with Crippen molar-refractivity contribution in [2.45, 2.75) is 18.9 Å². The van der Waals surface area contributed by atoms with E-state index in [2.05, 4.69) is 36.4 Å². The number of aromatic nitrogens is 1. The number of furan rings is 1. The molecule has 186 valence electrons. The number of nitrogens with zero attached hydrogens (tertiary/aromatic N) is 2. The van der Waals surface area contributed by atoms with E-state index in [1.54, 1.807) is 24.3 Å². The first-order valence-corrected chi connectivity index (χ1v) is 13.9. The summed E-state index contributed by atoms with van der Waals surface area (Å²) in [5.41, 5.74) is 6.33. The summed E-state index contributed by atoms with van der Waals surface area (Å²) in [6.45, 7) is 0. The molecule has 0 fully saturated rings. The van der Waals surface area contributed by atoms with Crippen LogP contribution in [0, 0.1) is 0 Å². The first-order valence-electron chi connectivity index (χ1n) is 12.3. The van der Waals surface area contributed by atoms with Crippen LogP contribution >= 0.6 is 34.5 Å². The molecular weight excluding hydrogens is 535 g/mol. The van der Waals surface area contributed by atoms with Gasteiger partial charge < -0.3 is 4.42 Å². The van der Waals surface area contributed by atoms with Gasteiger partial charge in [-0.05, 0) is 59.9 Å². The largest absolute Gasteiger partial charge is 0.457 e. The molecule has 0 N–H and O–H groups in total. The van der Waals surface area contributed by atoms with Crippen molar-refractivity contribution in [1.29, 1.82) is 0 Å². The molecule has 1 aliphatic carbocycles. The average Bonchev–Trinajstić information content (AvgIpc) is 3.53. The summed E-state index contributed by atoms with van der Waals surface area (Å²) < 4.78 is 8.48. The lowest BCUT2D eigenvalue weighted by Crippen LogP contribution is -2.38. The van der Waals surface area contributed by atoms with Gasteiger partial charge >= 0.3 is 0 Å². The van der Waals surface area contributed by atoms with Gasteiger partial charge in [-0.15, -0.1) is 0 Å². The molecule has 0 saturated heterocycles. The minimum absolute atomic E-state index is 0.0771. The summed E-state index contributed by atoms with van der Waals surface area (Å²) >= 11 is 13.9. The smallest absolute Gasteiger partial charge is 0.271 e. The van der Waals surface area contributed by atoms with Crippen LogP contribution in [-0.4, -0.2) is 4.57 Å². The van der Waals surface area contributed by atoms with Gasteiger partial charge in [-0.2, -0.15) is 0 Å². The van der Waals surface area contributed by atoms with Gasteiger partial charge in [0.25, 0.3) is 5.56 Å². The molecule has 3 aromatic carbocycles. The summed E-state index contributed by atoms with van der Waals surface area (Å²) in [6, 6.07) is 27.4. The lowest BCUT2D eigenvalue weighted by molar-refractivity contribution is 0.570. The van der Waals surface area contributed by atoms with Crippen molar-refractivity contribution >= 4 is 46.3 Å². The predicted molar refractivity (Wildman–Crippen MR) is 153 cm³/mol. The van der Waals surface area contributed by atoms with Crippen molar-refractivity contribution in [3.8, 4) is 11.3 Å². The number of benzene rings is 3. The lowest BCUT2D eigenvalue weighted by Gasteiger charge is -2.30. The van der Waals surface area contributed by atoms with E-state index in [0.717, 1.165) is 29.7 Å². The fourth-order valence-electron chi connectivity index (χ4n) is 5.35. The minimum Gasteiger partial charge on any atom is -0.457 e. The molecule has 1 unspecified atom stereocenters. The normalized spacial score (nSPS) is 16.6. The van der Waals surface area contributed by atoms with Crippen molar-refractivity contribution in [1.82, 2.24) is 4.57 Å². The van der Waals surface area contributed by atoms with Crippen molar-refractivity contribution in [3.05, 3.63) is 143 Å². The zero-order valence-electron chi connectivity index (χ0n) is 20.0. The highest BCUT2D eigenvalue weighted by atomic mass is 35.5. The number of allylic oxidation sites excluding steroid dienone is 1. The van der Waals surface area contributed by atoms with Crippen LogP contribution < -0.4 is 14.9 Å². The molecule has 0 saturated carbocycles. The molecule has 5 aromatic rings. The summed E-state index contributed by atoms with van der Waals surface area (Å²) in [6.07, 6.45) is 3.57. The Bertz CT molecular complexity index is 1930. The topological polar surface area (TPSA) is 47.5 Å². The summed E-state index contributed by atoms with van der Waals surface area (Å²) in [7, 11) is 0. The van der Waals surface area contributed by atoms with Crippen molar-refractivity contribution in [2.75, 3.05) is 0 Å². The Morgan fingerprint density at radius 2 is 1.74 bits per heavy atom. The first kappa shape index (κ1) is 23.5. The van der Waals surface area contributed by atoms with Crippen LogP contribution in [0.4, 0.5) is 0 Å². The predicted octanol–water partition coefficient (Wildman–Crippen LogP) is 6.89. The SMILES string of the molecule is O=c1c(=Cc2ccc(-c3cc(Cl)ccc3Cl)o2)sc2n1C(c1ccccc1)C1=C(N=2)c2ccccc2CC1. The Kier molecular flexibility index (Phi) is 5.73. The molecule has 0 amide bonds. The fourth-order valence-corrected chi connectivity index (χ4v) is 6.71. The van der Waals surface area contributed by atoms with E-state index in [4.69, 9.17) is 32.6 Å². The van der Waals surface area contributed by atoms with E-state index < -0.39 is 0 Å². The average molecular weight is 555 g/mol. The summed E-state index contributed by atoms with van der Waals surface area (Å²) in [4.78, 5) is 19.6. The third-order valence-electron chi connectivity index (χ3n) is 7.08. The van der Waals surface area contributed by atoms with Crippen LogP contribution in [0.15, 0.2) is 105 Å². The number of hydrogen-bond donors (Lipinski definition) is 0. The zero-order valence-corrected chi connectivity index (χ0v) is 22.4. The van der Waals surface area contributed by atoms with Crippen LogP contribution in [-0.2, 0) is 6.42 Å². The van der Waals surface area contributed by atoms with Crippen molar-refractivity contribution < 1.29 is 4.42 Å². The summed E-state index contributed by atoms with van der Waals surface area (Å²) in [5, 5.41) is 1.12. The second kappa shape index (κ2) is 9.28. The van der Waals surface area contributed by atoms with E-state index in [1.165, 1.54) is 22.5 Å². The van der Waals surface area contributed by atoms with Gasteiger partial charge in [0.05, 0.1) is 21.3 Å². The van der Waals surface area contributed by atoms with Crippen LogP contribution in [0.2, 0.25) is 10.0 Å². The zero-order chi connectivity index (χ0) is 25.8. The highest BCUT2D eigenvalue weighted by Crippen LogP contribution is 2.41. The number of hydrogen-bond acceptors (Lipinski definition) is 4. The number of halogens is 2. The Morgan fingerprint density at radius 3 is 2.61 bits per heavy atom. The monoisotopic (exact) mass is 554 g/mol. The third kappa shape index (κ3) is 3.90. The molecule has 3 heterocycles. The number of aryl methyl sites for hydroxylation is 1. The molecule has 4 nitrogen and oxygen atoms in total. The van der Waals surface area contributed by atoms with Gasteiger partial charge in [-0.25, -0.2) is 4.99 Å². The third-order valence-corrected chi connectivity index (χ3v) is 8.63. The molecule has 1 aliphatic heterocycles. The molecule has 0 radical (unpaired) electrons. The Balaban J connectivity index is 1.40. The Hall–Kier alpha value is -3.64. The number of fused-ring (bicyclic) bond motifs is 3. The van der Waals surface area contributed by atoms with Gasteiger partial charge in [0.15, 0.2) is 4.80 Å². The highest BCUT2D eigenvalue weighted by Gasteiger charge is 2.32. The number of rotatable bonds is 3. The van der Waals surface area contributed by atoms with Gasteiger partial charge in [-0.3, -0.25) is 9.36 Å². The molecule has 38 heavy (non-hydrogen) atoms. The van der Waals surface area contributed by atoms with Gasteiger partial charge in [0.2, 0.25) is 0 Å². The Morgan fingerprint density at radius 1 is 0.921 bits per heavy atom. The van der Waals surface area contributed by atoms with Gasteiger partial charge in [0, 0.05) is 22.2 Å². The van der Waals surface area contributed by atoms with E-state index in [0.29, 0.717) is 36.5 Å². The van der Waals surface area contributed by atoms with Crippen molar-refractivity contribution in [2.24, 2.45) is 4.99 Å². The van der Waals surface area contributed by atoms with Crippen molar-refractivity contribution in [3.63, 3.8) is 0 Å². The molecule has 7 heteroatoms. The van der Waals surface area contributed by atoms with Gasteiger partial charge in [0.1, 0.15) is 11.5 Å². The second-order valence-corrected chi connectivity index (χ2v) is 11.2. The summed E-state index contributed by atoms with van der Waals surface area (Å²) in [5.74, 6) is 1.15. The maximum atomic E-state index is 13.9. The van der Waals surface area contributed by atoms with Gasteiger partial charge in [-0.1, -0.05) is 89.1 Å². The first-order chi connectivity index (χ1) is 18.6. The fraction of sp³-hybridized carbons (Fsp3) is 0.0968. The Labute approximate surface area is 232 Å². The quantitative estimate of drug-likeness (QED) is 0.244.